The Morgan fingerprint density at radius 2 is 2.07 bits per heavy atom. The Kier molecular flexibility index (Phi) is 5.40. The molecule has 144 valence electrons. The van der Waals surface area contributed by atoms with Crippen LogP contribution in [0.25, 0.3) is 0 Å². The number of hydrogen-bond acceptors (Lipinski definition) is 7. The maximum absolute atomic E-state index is 12.1. The molecule has 7 nitrogen and oxygen atoms in total. The van der Waals surface area contributed by atoms with Crippen LogP contribution in [0.4, 0.5) is 5.69 Å². The molecule has 1 atom stereocenters. The van der Waals surface area contributed by atoms with Crippen LogP contribution in [0.2, 0.25) is 5.02 Å². The Morgan fingerprint density at radius 3 is 2.89 bits per heavy atom. The molecule has 0 fully saturated rings. The largest absolute Gasteiger partial charge is 0.485 e. The smallest absolute Gasteiger partial charge is 0.277 e. The van der Waals surface area contributed by atoms with Crippen molar-refractivity contribution >= 4 is 35.0 Å². The predicted octanol–water partition coefficient (Wildman–Crippen LogP) is 4.27. The molecular formula is C19H16ClN3O4S. The number of amides is 1. The number of carbonyl (C=O) groups excluding carboxylic acids is 1. The number of thioether (sulfide) groups is 1. The number of halogens is 1. The van der Waals surface area contributed by atoms with Gasteiger partial charge < -0.3 is 19.2 Å². The van der Waals surface area contributed by atoms with Gasteiger partial charge in [-0.3, -0.25) is 4.79 Å². The first kappa shape index (κ1) is 18.6. The quantitative estimate of drug-likeness (QED) is 0.620. The molecule has 0 aliphatic carbocycles. The zero-order chi connectivity index (χ0) is 19.5. The van der Waals surface area contributed by atoms with Gasteiger partial charge in [0, 0.05) is 10.7 Å². The number of para-hydroxylation sites is 2. The minimum atomic E-state index is -0.486. The van der Waals surface area contributed by atoms with Gasteiger partial charge >= 0.3 is 0 Å². The third-order valence-corrected chi connectivity index (χ3v) is 5.21. The van der Waals surface area contributed by atoms with Gasteiger partial charge in [0.25, 0.3) is 11.1 Å². The molecule has 2 heterocycles. The number of hydrogen-bond donors (Lipinski definition) is 1. The van der Waals surface area contributed by atoms with Crippen LogP contribution in [0.1, 0.15) is 17.6 Å². The summed E-state index contributed by atoms with van der Waals surface area (Å²) in [6.07, 6.45) is -0.486. The molecule has 2 aromatic carbocycles. The van der Waals surface area contributed by atoms with Gasteiger partial charge in [0.2, 0.25) is 12.0 Å². The summed E-state index contributed by atoms with van der Waals surface area (Å²) in [7, 11) is 0. The molecule has 3 aromatic rings. The van der Waals surface area contributed by atoms with Gasteiger partial charge in [-0.05, 0) is 36.8 Å². The predicted molar refractivity (Wildman–Crippen MR) is 105 cm³/mol. The van der Waals surface area contributed by atoms with E-state index in [0.717, 1.165) is 17.3 Å². The van der Waals surface area contributed by atoms with E-state index < -0.39 is 6.10 Å². The van der Waals surface area contributed by atoms with Crippen LogP contribution in [0.5, 0.6) is 11.5 Å². The maximum atomic E-state index is 12.1. The first-order valence-corrected chi connectivity index (χ1v) is 9.85. The standard InChI is InChI=1S/C19H16ClN3O4S/c1-11-6-7-12(8-13(11)20)21-17(24)10-28-19-23-22-18(27-19)16-9-25-14-4-2-3-5-15(14)26-16/h2-8,16H,9-10H2,1H3,(H,21,24). The molecule has 1 aliphatic heterocycles. The Morgan fingerprint density at radius 1 is 1.25 bits per heavy atom. The third-order valence-electron chi connectivity index (χ3n) is 3.99. The van der Waals surface area contributed by atoms with Gasteiger partial charge in [-0.15, -0.1) is 10.2 Å². The lowest BCUT2D eigenvalue weighted by atomic mass is 10.2. The summed E-state index contributed by atoms with van der Waals surface area (Å²) in [5, 5.41) is 11.6. The highest BCUT2D eigenvalue weighted by Crippen LogP contribution is 2.35. The molecule has 1 unspecified atom stereocenters. The fraction of sp³-hybridized carbons (Fsp3) is 0.211. The molecule has 1 amide bonds. The van der Waals surface area contributed by atoms with Crippen LogP contribution in [-0.2, 0) is 4.79 Å². The number of fused-ring (bicyclic) bond motifs is 1. The van der Waals surface area contributed by atoms with E-state index in [2.05, 4.69) is 15.5 Å². The van der Waals surface area contributed by atoms with Crippen molar-refractivity contribution in [2.24, 2.45) is 0 Å². The molecule has 28 heavy (non-hydrogen) atoms. The van der Waals surface area contributed by atoms with Crippen LogP contribution < -0.4 is 14.8 Å². The first-order valence-electron chi connectivity index (χ1n) is 8.49. The average molecular weight is 418 g/mol. The highest BCUT2D eigenvalue weighted by atomic mass is 35.5. The minimum absolute atomic E-state index is 0.123. The van der Waals surface area contributed by atoms with Crippen LogP contribution in [0.15, 0.2) is 52.1 Å². The van der Waals surface area contributed by atoms with E-state index in [-0.39, 0.29) is 23.5 Å². The fourth-order valence-corrected chi connectivity index (χ4v) is 3.30. The molecule has 0 saturated carbocycles. The number of nitrogens with one attached hydrogen (secondary N) is 1. The van der Waals surface area contributed by atoms with Gasteiger partial charge in [0.15, 0.2) is 11.5 Å². The van der Waals surface area contributed by atoms with Gasteiger partial charge in [0.1, 0.15) is 6.61 Å². The van der Waals surface area contributed by atoms with Crippen molar-refractivity contribution in [2.75, 3.05) is 17.7 Å². The van der Waals surface area contributed by atoms with E-state index in [9.17, 15) is 4.79 Å². The second kappa shape index (κ2) is 8.12. The first-order chi connectivity index (χ1) is 13.6. The second-order valence-electron chi connectivity index (χ2n) is 6.07. The SMILES string of the molecule is Cc1ccc(NC(=O)CSc2nnc(C3COc4ccccc4O3)o2)cc1Cl. The monoisotopic (exact) mass is 417 g/mol. The second-order valence-corrected chi connectivity index (χ2v) is 7.41. The number of rotatable bonds is 5. The Balaban J connectivity index is 1.32. The topological polar surface area (TPSA) is 86.5 Å². The lowest BCUT2D eigenvalue weighted by Gasteiger charge is -2.23. The summed E-state index contributed by atoms with van der Waals surface area (Å²) < 4.78 is 17.1. The van der Waals surface area contributed by atoms with Gasteiger partial charge in [-0.25, -0.2) is 0 Å². The molecule has 9 heteroatoms. The summed E-state index contributed by atoms with van der Waals surface area (Å²) >= 11 is 7.21. The zero-order valence-electron chi connectivity index (χ0n) is 14.8. The van der Waals surface area contributed by atoms with Gasteiger partial charge in [-0.2, -0.15) is 0 Å². The number of aromatic nitrogens is 2. The molecule has 4 rings (SSSR count). The molecular weight excluding hydrogens is 402 g/mol. The summed E-state index contributed by atoms with van der Waals surface area (Å²) in [6, 6.07) is 12.7. The van der Waals surface area contributed by atoms with Gasteiger partial charge in [0.05, 0.1) is 5.75 Å². The van der Waals surface area contributed by atoms with E-state index in [1.165, 1.54) is 0 Å². The molecule has 0 spiro atoms. The van der Waals surface area contributed by atoms with Crippen molar-refractivity contribution in [3.05, 3.63) is 58.9 Å². The van der Waals surface area contributed by atoms with E-state index >= 15 is 0 Å². The number of ether oxygens (including phenoxy) is 2. The van der Waals surface area contributed by atoms with Crippen molar-refractivity contribution in [3.63, 3.8) is 0 Å². The molecule has 1 N–H and O–H groups in total. The molecule has 1 aliphatic rings. The van der Waals surface area contributed by atoms with Crippen LogP contribution in [0, 0.1) is 6.92 Å². The van der Waals surface area contributed by atoms with Crippen molar-refractivity contribution in [3.8, 4) is 11.5 Å². The molecule has 1 aromatic heterocycles. The number of anilines is 1. The van der Waals surface area contributed by atoms with E-state index in [1.807, 2.05) is 37.3 Å². The summed E-state index contributed by atoms with van der Waals surface area (Å²) in [5.74, 6) is 1.54. The average Bonchev–Trinajstić information content (AvgIpc) is 3.18. The highest BCUT2D eigenvalue weighted by molar-refractivity contribution is 7.99. The van der Waals surface area contributed by atoms with E-state index in [0.29, 0.717) is 28.1 Å². The minimum Gasteiger partial charge on any atom is -0.485 e. The van der Waals surface area contributed by atoms with Crippen LogP contribution in [-0.4, -0.2) is 28.5 Å². The van der Waals surface area contributed by atoms with E-state index in [4.69, 9.17) is 25.5 Å². The van der Waals surface area contributed by atoms with Gasteiger partial charge in [-0.1, -0.05) is 41.6 Å². The van der Waals surface area contributed by atoms with Crippen LogP contribution in [0.3, 0.4) is 0 Å². The summed E-state index contributed by atoms with van der Waals surface area (Å²) in [5.41, 5.74) is 1.59. The fourth-order valence-electron chi connectivity index (χ4n) is 2.55. The Bertz CT molecular complexity index is 1010. The van der Waals surface area contributed by atoms with Crippen molar-refractivity contribution in [2.45, 2.75) is 18.3 Å². The lowest BCUT2D eigenvalue weighted by molar-refractivity contribution is -0.113. The highest BCUT2D eigenvalue weighted by Gasteiger charge is 2.27. The third kappa shape index (κ3) is 4.23. The lowest BCUT2D eigenvalue weighted by Crippen LogP contribution is -2.21. The number of benzene rings is 2. The Hall–Kier alpha value is -2.71. The zero-order valence-corrected chi connectivity index (χ0v) is 16.4. The molecule has 0 radical (unpaired) electrons. The van der Waals surface area contributed by atoms with Crippen molar-refractivity contribution < 1.29 is 18.7 Å². The Labute approximate surface area is 170 Å². The number of carbonyl (C=O) groups is 1. The van der Waals surface area contributed by atoms with Crippen molar-refractivity contribution in [1.82, 2.24) is 10.2 Å². The van der Waals surface area contributed by atoms with Crippen LogP contribution >= 0.6 is 23.4 Å². The number of nitrogens with zero attached hydrogens (tertiary/aromatic N) is 2. The molecule has 0 bridgehead atoms. The summed E-state index contributed by atoms with van der Waals surface area (Å²) in [4.78, 5) is 12.1. The summed E-state index contributed by atoms with van der Waals surface area (Å²) in [6.45, 7) is 2.18. The van der Waals surface area contributed by atoms with Crippen molar-refractivity contribution in [1.29, 1.82) is 0 Å². The maximum Gasteiger partial charge on any atom is 0.277 e. The molecule has 0 saturated heterocycles. The normalized spacial score (nSPS) is 15.3. The number of aryl methyl sites for hydroxylation is 1. The van der Waals surface area contributed by atoms with E-state index in [1.54, 1.807) is 12.1 Å².